The zero-order chi connectivity index (χ0) is 12.1. The Bertz CT molecular complexity index is 354. The van der Waals surface area contributed by atoms with Gasteiger partial charge in [0, 0.05) is 18.7 Å². The first-order chi connectivity index (χ1) is 7.61. The first-order valence-electron chi connectivity index (χ1n) is 6.00. The molecule has 1 rings (SSSR count). The van der Waals surface area contributed by atoms with Crippen LogP contribution in [0.15, 0.2) is 24.3 Å². The second-order valence-electron chi connectivity index (χ2n) is 4.22. The van der Waals surface area contributed by atoms with E-state index in [1.165, 1.54) is 0 Å². The van der Waals surface area contributed by atoms with Gasteiger partial charge in [0.15, 0.2) is 0 Å². The van der Waals surface area contributed by atoms with Crippen LogP contribution in [-0.4, -0.2) is 23.9 Å². The Balaban J connectivity index is 3.07. The number of hydrogen-bond acceptors (Lipinski definition) is 1. The fourth-order valence-corrected chi connectivity index (χ4v) is 1.88. The lowest BCUT2D eigenvalue weighted by molar-refractivity contribution is 0.0771. The molecule has 0 saturated carbocycles. The van der Waals surface area contributed by atoms with Crippen LogP contribution < -0.4 is 0 Å². The molecule has 0 aromatic heterocycles. The lowest BCUT2D eigenvalue weighted by atomic mass is 9.96. The van der Waals surface area contributed by atoms with Crippen LogP contribution in [0.2, 0.25) is 0 Å². The Hall–Kier alpha value is -1.31. The molecule has 1 aromatic carbocycles. The SMILES string of the molecule is CCN(CC)C(=O)c1ccccc1C(C)C. The maximum Gasteiger partial charge on any atom is 0.254 e. The molecule has 0 heterocycles. The zero-order valence-corrected chi connectivity index (χ0v) is 10.7. The minimum Gasteiger partial charge on any atom is -0.339 e. The molecule has 0 spiro atoms. The number of rotatable bonds is 4. The summed E-state index contributed by atoms with van der Waals surface area (Å²) in [5.74, 6) is 0.532. The molecule has 2 heteroatoms. The van der Waals surface area contributed by atoms with Gasteiger partial charge >= 0.3 is 0 Å². The second kappa shape index (κ2) is 5.69. The van der Waals surface area contributed by atoms with Crippen LogP contribution in [0.5, 0.6) is 0 Å². The van der Waals surface area contributed by atoms with Gasteiger partial charge in [-0.05, 0) is 31.4 Å². The Morgan fingerprint density at radius 2 is 1.75 bits per heavy atom. The standard InChI is InChI=1S/C14H21NO/c1-5-15(6-2)14(16)13-10-8-7-9-12(13)11(3)4/h7-11H,5-6H2,1-4H3. The van der Waals surface area contributed by atoms with Crippen molar-refractivity contribution in [1.82, 2.24) is 4.90 Å². The fourth-order valence-electron chi connectivity index (χ4n) is 1.88. The molecular weight excluding hydrogens is 198 g/mol. The molecule has 2 nitrogen and oxygen atoms in total. The zero-order valence-electron chi connectivity index (χ0n) is 10.7. The van der Waals surface area contributed by atoms with Crippen molar-refractivity contribution in [2.24, 2.45) is 0 Å². The Morgan fingerprint density at radius 1 is 1.19 bits per heavy atom. The summed E-state index contributed by atoms with van der Waals surface area (Å²) in [5.41, 5.74) is 1.99. The van der Waals surface area contributed by atoms with Gasteiger partial charge in [-0.1, -0.05) is 32.0 Å². The van der Waals surface area contributed by atoms with Crippen LogP contribution in [0.3, 0.4) is 0 Å². The van der Waals surface area contributed by atoms with Crippen molar-refractivity contribution in [3.63, 3.8) is 0 Å². The molecular formula is C14H21NO. The van der Waals surface area contributed by atoms with Crippen LogP contribution >= 0.6 is 0 Å². The van der Waals surface area contributed by atoms with E-state index in [0.717, 1.165) is 24.2 Å². The second-order valence-corrected chi connectivity index (χ2v) is 4.22. The van der Waals surface area contributed by atoms with Crippen LogP contribution in [-0.2, 0) is 0 Å². The summed E-state index contributed by atoms with van der Waals surface area (Å²) in [5, 5.41) is 0. The highest BCUT2D eigenvalue weighted by Crippen LogP contribution is 2.20. The van der Waals surface area contributed by atoms with Crippen molar-refractivity contribution in [2.75, 3.05) is 13.1 Å². The van der Waals surface area contributed by atoms with Crippen molar-refractivity contribution in [2.45, 2.75) is 33.6 Å². The Kier molecular flexibility index (Phi) is 4.53. The fraction of sp³-hybridized carbons (Fsp3) is 0.500. The van der Waals surface area contributed by atoms with Gasteiger partial charge in [-0.15, -0.1) is 0 Å². The summed E-state index contributed by atoms with van der Waals surface area (Å²) >= 11 is 0. The molecule has 0 N–H and O–H groups in total. The predicted molar refractivity (Wildman–Crippen MR) is 67.8 cm³/mol. The molecule has 16 heavy (non-hydrogen) atoms. The largest absolute Gasteiger partial charge is 0.339 e. The number of hydrogen-bond donors (Lipinski definition) is 0. The number of nitrogens with zero attached hydrogens (tertiary/aromatic N) is 1. The summed E-state index contributed by atoms with van der Waals surface area (Å²) in [6, 6.07) is 7.90. The molecule has 0 aliphatic carbocycles. The lowest BCUT2D eigenvalue weighted by Gasteiger charge is -2.21. The third-order valence-electron chi connectivity index (χ3n) is 2.86. The average molecular weight is 219 g/mol. The topological polar surface area (TPSA) is 20.3 Å². The minimum atomic E-state index is 0.147. The molecule has 0 radical (unpaired) electrons. The van der Waals surface area contributed by atoms with E-state index in [1.807, 2.05) is 43.0 Å². The number of carbonyl (C=O) groups excluding carboxylic acids is 1. The molecule has 0 aliphatic rings. The Labute approximate surface area is 98.3 Å². The minimum absolute atomic E-state index is 0.147. The van der Waals surface area contributed by atoms with E-state index < -0.39 is 0 Å². The molecule has 0 atom stereocenters. The van der Waals surface area contributed by atoms with Gasteiger partial charge in [0.05, 0.1) is 0 Å². The predicted octanol–water partition coefficient (Wildman–Crippen LogP) is 3.29. The van der Waals surface area contributed by atoms with E-state index in [-0.39, 0.29) is 5.91 Å². The molecule has 0 fully saturated rings. The number of benzene rings is 1. The molecule has 0 unspecified atom stereocenters. The van der Waals surface area contributed by atoms with Crippen LogP contribution in [0.25, 0.3) is 0 Å². The van der Waals surface area contributed by atoms with Crippen LogP contribution in [0.4, 0.5) is 0 Å². The van der Waals surface area contributed by atoms with Crippen LogP contribution in [0.1, 0.15) is 49.5 Å². The normalized spacial score (nSPS) is 10.6. The van der Waals surface area contributed by atoms with Crippen molar-refractivity contribution in [3.05, 3.63) is 35.4 Å². The van der Waals surface area contributed by atoms with Crippen molar-refractivity contribution in [1.29, 1.82) is 0 Å². The summed E-state index contributed by atoms with van der Waals surface area (Å²) < 4.78 is 0. The highest BCUT2D eigenvalue weighted by Gasteiger charge is 2.16. The average Bonchev–Trinajstić information content (AvgIpc) is 2.30. The molecule has 0 aliphatic heterocycles. The maximum absolute atomic E-state index is 12.3. The molecule has 1 amide bonds. The van der Waals surface area contributed by atoms with Crippen molar-refractivity contribution < 1.29 is 4.79 Å². The van der Waals surface area contributed by atoms with Crippen molar-refractivity contribution in [3.8, 4) is 0 Å². The van der Waals surface area contributed by atoms with Gasteiger partial charge in [0.25, 0.3) is 5.91 Å². The van der Waals surface area contributed by atoms with Gasteiger partial charge in [-0.3, -0.25) is 4.79 Å². The molecule has 1 aromatic rings. The monoisotopic (exact) mass is 219 g/mol. The molecule has 0 bridgehead atoms. The summed E-state index contributed by atoms with van der Waals surface area (Å²) in [7, 11) is 0. The summed E-state index contributed by atoms with van der Waals surface area (Å²) in [6.07, 6.45) is 0. The van der Waals surface area contributed by atoms with E-state index in [1.54, 1.807) is 0 Å². The highest BCUT2D eigenvalue weighted by molar-refractivity contribution is 5.95. The lowest BCUT2D eigenvalue weighted by Crippen LogP contribution is -2.31. The molecule has 0 saturated heterocycles. The van der Waals surface area contributed by atoms with Crippen LogP contribution in [0, 0.1) is 0 Å². The van der Waals surface area contributed by atoms with E-state index in [9.17, 15) is 4.79 Å². The number of amides is 1. The summed E-state index contributed by atoms with van der Waals surface area (Å²) in [4.78, 5) is 14.1. The highest BCUT2D eigenvalue weighted by atomic mass is 16.2. The van der Waals surface area contributed by atoms with E-state index >= 15 is 0 Å². The smallest absolute Gasteiger partial charge is 0.254 e. The van der Waals surface area contributed by atoms with Gasteiger partial charge in [-0.2, -0.15) is 0 Å². The maximum atomic E-state index is 12.3. The first kappa shape index (κ1) is 12.8. The molecule has 88 valence electrons. The van der Waals surface area contributed by atoms with E-state index in [4.69, 9.17) is 0 Å². The van der Waals surface area contributed by atoms with Gasteiger partial charge in [0.1, 0.15) is 0 Å². The van der Waals surface area contributed by atoms with Gasteiger partial charge < -0.3 is 4.90 Å². The van der Waals surface area contributed by atoms with Gasteiger partial charge in [0.2, 0.25) is 0 Å². The van der Waals surface area contributed by atoms with E-state index in [2.05, 4.69) is 13.8 Å². The number of carbonyl (C=O) groups is 1. The van der Waals surface area contributed by atoms with Crippen molar-refractivity contribution >= 4 is 5.91 Å². The third-order valence-corrected chi connectivity index (χ3v) is 2.86. The quantitative estimate of drug-likeness (QED) is 0.761. The summed E-state index contributed by atoms with van der Waals surface area (Å²) in [6.45, 7) is 9.80. The third kappa shape index (κ3) is 2.63. The van der Waals surface area contributed by atoms with E-state index in [0.29, 0.717) is 5.92 Å². The first-order valence-corrected chi connectivity index (χ1v) is 6.00. The van der Waals surface area contributed by atoms with Gasteiger partial charge in [-0.25, -0.2) is 0 Å². The Morgan fingerprint density at radius 3 is 2.25 bits per heavy atom.